The highest BCUT2D eigenvalue weighted by Crippen LogP contribution is 2.29. The van der Waals surface area contributed by atoms with E-state index in [1.807, 2.05) is 0 Å². The maximum Gasteiger partial charge on any atom is 0.416 e. The molecule has 0 bridgehead atoms. The third-order valence-corrected chi connectivity index (χ3v) is 4.27. The zero-order chi connectivity index (χ0) is 17.1. The molecular weight excluding hydrogens is 332 g/mol. The molecule has 2 aromatic rings. The highest BCUT2D eigenvalue weighted by molar-refractivity contribution is 7.93. The van der Waals surface area contributed by atoms with Gasteiger partial charge in [-0.25, -0.2) is 12.8 Å². The maximum atomic E-state index is 12.7. The molecule has 0 N–H and O–H groups in total. The smallest absolute Gasteiger partial charge is 0.224 e. The van der Waals surface area contributed by atoms with Gasteiger partial charge in [-0.3, -0.25) is 0 Å². The zero-order valence-corrected chi connectivity index (χ0v) is 12.5. The first-order valence-electron chi connectivity index (χ1n) is 6.48. The third kappa shape index (κ3) is 5.21. The average Bonchev–Trinajstić information content (AvgIpc) is 2.46. The van der Waals surface area contributed by atoms with E-state index in [4.69, 9.17) is 0 Å². The van der Waals surface area contributed by atoms with Crippen LogP contribution in [0.5, 0.6) is 0 Å². The molecule has 0 heterocycles. The number of hydrogen-bond donors (Lipinski definition) is 0. The summed E-state index contributed by atoms with van der Waals surface area (Å²) < 4.78 is 73.9. The van der Waals surface area contributed by atoms with Gasteiger partial charge in [0.15, 0.2) is 9.84 Å². The van der Waals surface area contributed by atoms with E-state index in [1.165, 1.54) is 30.3 Å². The Morgan fingerprint density at radius 2 is 1.48 bits per heavy atom. The Labute approximate surface area is 131 Å². The van der Waals surface area contributed by atoms with E-state index in [2.05, 4.69) is 0 Å². The largest absolute Gasteiger partial charge is 0.416 e. The van der Waals surface area contributed by atoms with E-state index >= 15 is 0 Å². The van der Waals surface area contributed by atoms with Gasteiger partial charge in [0.1, 0.15) is 5.82 Å². The van der Waals surface area contributed by atoms with Gasteiger partial charge in [-0.2, -0.15) is 13.2 Å². The molecule has 0 spiro atoms. The van der Waals surface area contributed by atoms with E-state index in [-0.39, 0.29) is 5.56 Å². The monoisotopic (exact) mass is 344 g/mol. The molecular formula is C16H12F4O2S. The fraction of sp³-hybridized carbons (Fsp3) is 0.125. The third-order valence-electron chi connectivity index (χ3n) is 2.99. The molecule has 0 aliphatic rings. The van der Waals surface area contributed by atoms with Crippen LogP contribution in [0.4, 0.5) is 17.6 Å². The Hall–Kier alpha value is -2.15. The van der Waals surface area contributed by atoms with Crippen molar-refractivity contribution in [1.82, 2.24) is 0 Å². The molecule has 0 fully saturated rings. The van der Waals surface area contributed by atoms with Gasteiger partial charge in [-0.05, 0) is 41.5 Å². The normalized spacial score (nSPS) is 12.7. The van der Waals surface area contributed by atoms with Crippen molar-refractivity contribution >= 4 is 15.9 Å². The van der Waals surface area contributed by atoms with Gasteiger partial charge < -0.3 is 0 Å². The second kappa shape index (κ2) is 6.54. The first-order chi connectivity index (χ1) is 10.7. The number of rotatable bonds is 4. The van der Waals surface area contributed by atoms with Crippen LogP contribution < -0.4 is 0 Å². The van der Waals surface area contributed by atoms with Crippen LogP contribution in [0.3, 0.4) is 0 Å². The molecule has 0 aliphatic heterocycles. The summed E-state index contributed by atoms with van der Waals surface area (Å²) in [6, 6.07) is 9.17. The topological polar surface area (TPSA) is 34.1 Å². The van der Waals surface area contributed by atoms with Crippen molar-refractivity contribution in [2.24, 2.45) is 0 Å². The van der Waals surface area contributed by atoms with Crippen molar-refractivity contribution in [3.63, 3.8) is 0 Å². The van der Waals surface area contributed by atoms with Crippen LogP contribution >= 0.6 is 0 Å². The van der Waals surface area contributed by atoms with Gasteiger partial charge in [-0.1, -0.05) is 24.3 Å². The molecule has 0 unspecified atom stereocenters. The Morgan fingerprint density at radius 3 is 2.00 bits per heavy atom. The van der Waals surface area contributed by atoms with Gasteiger partial charge in [0, 0.05) is 5.41 Å². The van der Waals surface area contributed by atoms with Crippen molar-refractivity contribution in [2.45, 2.75) is 11.9 Å². The van der Waals surface area contributed by atoms with Crippen molar-refractivity contribution < 1.29 is 26.0 Å². The lowest BCUT2D eigenvalue weighted by Crippen LogP contribution is -2.05. The average molecular weight is 344 g/mol. The lowest BCUT2D eigenvalue weighted by molar-refractivity contribution is -0.137. The Balaban J connectivity index is 2.10. The van der Waals surface area contributed by atoms with Crippen LogP contribution in [-0.2, 0) is 21.8 Å². The first kappa shape index (κ1) is 17.2. The first-order valence-corrected chi connectivity index (χ1v) is 8.20. The molecule has 0 aliphatic carbocycles. The highest BCUT2D eigenvalue weighted by Gasteiger charge is 2.30. The fourth-order valence-corrected chi connectivity index (χ4v) is 2.94. The molecule has 2 aromatic carbocycles. The number of halogens is 4. The number of benzene rings is 2. The second-order valence-corrected chi connectivity index (χ2v) is 6.74. The predicted molar refractivity (Wildman–Crippen MR) is 79.5 cm³/mol. The second-order valence-electron chi connectivity index (χ2n) is 4.86. The number of hydrogen-bond acceptors (Lipinski definition) is 2. The van der Waals surface area contributed by atoms with E-state index in [0.717, 1.165) is 29.7 Å². The van der Waals surface area contributed by atoms with Crippen LogP contribution in [0, 0.1) is 5.82 Å². The van der Waals surface area contributed by atoms with Gasteiger partial charge in [0.05, 0.1) is 11.3 Å². The van der Waals surface area contributed by atoms with Gasteiger partial charge in [-0.15, -0.1) is 0 Å². The van der Waals surface area contributed by atoms with E-state index in [1.54, 1.807) is 0 Å². The van der Waals surface area contributed by atoms with E-state index < -0.39 is 33.1 Å². The van der Waals surface area contributed by atoms with Crippen LogP contribution in [0.25, 0.3) is 6.08 Å². The summed E-state index contributed by atoms with van der Waals surface area (Å²) in [5.74, 6) is -0.849. The molecule has 0 saturated carbocycles. The van der Waals surface area contributed by atoms with E-state index in [0.29, 0.717) is 5.56 Å². The Morgan fingerprint density at radius 1 is 0.913 bits per heavy atom. The van der Waals surface area contributed by atoms with Gasteiger partial charge in [0.2, 0.25) is 0 Å². The zero-order valence-electron chi connectivity index (χ0n) is 11.7. The van der Waals surface area contributed by atoms with Gasteiger partial charge in [0.25, 0.3) is 0 Å². The minimum absolute atomic E-state index is 0.252. The molecule has 2 rings (SSSR count). The molecule has 0 aromatic heterocycles. The summed E-state index contributed by atoms with van der Waals surface area (Å²) in [4.78, 5) is 0. The lowest BCUT2D eigenvalue weighted by Gasteiger charge is -2.07. The molecule has 0 saturated heterocycles. The van der Waals surface area contributed by atoms with Crippen molar-refractivity contribution in [2.75, 3.05) is 0 Å². The minimum Gasteiger partial charge on any atom is -0.224 e. The van der Waals surface area contributed by atoms with Crippen LogP contribution in [0.15, 0.2) is 53.9 Å². The van der Waals surface area contributed by atoms with Crippen LogP contribution in [0.2, 0.25) is 0 Å². The molecule has 7 heteroatoms. The number of sulfone groups is 1. The molecule has 122 valence electrons. The molecule has 23 heavy (non-hydrogen) atoms. The summed E-state index contributed by atoms with van der Waals surface area (Å²) >= 11 is 0. The summed E-state index contributed by atoms with van der Waals surface area (Å²) in [5.41, 5.74) is -0.0790. The maximum absolute atomic E-state index is 12.7. The van der Waals surface area contributed by atoms with Crippen LogP contribution in [0.1, 0.15) is 16.7 Å². The predicted octanol–water partition coefficient (Wildman–Crippen LogP) is 4.43. The summed E-state index contributed by atoms with van der Waals surface area (Å²) in [5, 5.41) is 0.956. The number of alkyl halides is 3. The fourth-order valence-electron chi connectivity index (χ4n) is 1.83. The Bertz CT molecular complexity index is 789. The highest BCUT2D eigenvalue weighted by atomic mass is 32.2. The summed E-state index contributed by atoms with van der Waals surface area (Å²) in [7, 11) is -3.65. The molecule has 0 radical (unpaired) electrons. The van der Waals surface area contributed by atoms with Crippen molar-refractivity contribution in [1.29, 1.82) is 0 Å². The molecule has 2 nitrogen and oxygen atoms in total. The van der Waals surface area contributed by atoms with Crippen molar-refractivity contribution in [3.05, 3.63) is 76.4 Å². The SMILES string of the molecule is O=S(=O)(/C=C/c1ccc(F)cc1)Cc1ccc(C(F)(F)F)cc1. The van der Waals surface area contributed by atoms with Crippen LogP contribution in [-0.4, -0.2) is 8.42 Å². The summed E-state index contributed by atoms with van der Waals surface area (Å²) in [6.07, 6.45) is -3.15. The quantitative estimate of drug-likeness (QED) is 0.769. The minimum atomic E-state index is -4.46. The molecule has 0 amide bonds. The van der Waals surface area contributed by atoms with Gasteiger partial charge >= 0.3 is 6.18 Å². The molecule has 0 atom stereocenters. The Kier molecular flexibility index (Phi) is 4.89. The van der Waals surface area contributed by atoms with E-state index in [9.17, 15) is 26.0 Å². The standard InChI is InChI=1S/C16H12F4O2S/c17-15-7-3-12(4-8-15)9-10-23(21,22)11-13-1-5-14(6-2-13)16(18,19)20/h1-10H,11H2/b10-9+. The van der Waals surface area contributed by atoms with Crippen molar-refractivity contribution in [3.8, 4) is 0 Å². The lowest BCUT2D eigenvalue weighted by atomic mass is 10.1. The summed E-state index contributed by atoms with van der Waals surface area (Å²) in [6.45, 7) is 0.